The van der Waals surface area contributed by atoms with Crippen LogP contribution in [0.5, 0.6) is 0 Å². The van der Waals surface area contributed by atoms with Gasteiger partial charge in [-0.2, -0.15) is 0 Å². The van der Waals surface area contributed by atoms with Gasteiger partial charge < -0.3 is 10.6 Å². The predicted molar refractivity (Wildman–Crippen MR) is 107 cm³/mol. The minimum Gasteiger partial charge on any atom is -0.326 e. The van der Waals surface area contributed by atoms with E-state index in [4.69, 9.17) is 11.6 Å². The minimum absolute atomic E-state index is 0.0386. The zero-order valence-corrected chi connectivity index (χ0v) is 17.1. The van der Waals surface area contributed by atoms with Crippen molar-refractivity contribution in [2.24, 2.45) is 0 Å². The Hall–Kier alpha value is -1.37. The Morgan fingerprint density at radius 2 is 1.44 bits per heavy atom. The van der Waals surface area contributed by atoms with Crippen LogP contribution in [0.1, 0.15) is 24.0 Å². The number of aryl methyl sites for hydroxylation is 2. The number of carbonyl (C=O) groups excluding carboxylic acids is 2. The number of hydrogen-bond donors (Lipinski definition) is 2. The number of fused-ring (bicyclic) bond motifs is 2. The van der Waals surface area contributed by atoms with E-state index in [0.717, 1.165) is 38.7 Å². The van der Waals surface area contributed by atoms with E-state index < -0.39 is 0 Å². The van der Waals surface area contributed by atoms with Gasteiger partial charge in [-0.05, 0) is 54.3 Å². The van der Waals surface area contributed by atoms with Crippen LogP contribution in [-0.2, 0) is 22.4 Å². The average Bonchev–Trinajstić information content (AvgIpc) is 2.56. The Bertz CT molecular complexity index is 855. The largest absolute Gasteiger partial charge is 0.326 e. The number of hydrogen-bond acceptors (Lipinski definition) is 2. The maximum atomic E-state index is 11.1. The van der Waals surface area contributed by atoms with Crippen molar-refractivity contribution in [1.29, 1.82) is 0 Å². The van der Waals surface area contributed by atoms with Crippen molar-refractivity contribution in [1.82, 2.24) is 0 Å². The lowest BCUT2D eigenvalue weighted by molar-refractivity contribution is -0.117. The predicted octanol–water partition coefficient (Wildman–Crippen LogP) is 5.32. The highest BCUT2D eigenvalue weighted by Crippen LogP contribution is 2.33. The zero-order valence-electron chi connectivity index (χ0n) is 13.2. The topological polar surface area (TPSA) is 58.2 Å². The molecule has 0 aromatic heterocycles. The molecule has 0 fully saturated rings. The second-order valence-electron chi connectivity index (χ2n) is 5.82. The molecule has 25 heavy (non-hydrogen) atoms. The molecule has 0 saturated heterocycles. The summed E-state index contributed by atoms with van der Waals surface area (Å²) in [5.41, 5.74) is 4.03. The average molecular weight is 487 g/mol. The maximum absolute atomic E-state index is 11.1. The van der Waals surface area contributed by atoms with Crippen LogP contribution >= 0.6 is 43.5 Å². The molecule has 2 amide bonds. The lowest BCUT2D eigenvalue weighted by Crippen LogP contribution is -2.19. The standard InChI is InChI=1S/C9H7BrClNO.C9H8BrNO/c10-6-3-5-1-2-8(13)12-9(5)7(11)4-6;10-7-2-3-8-6(5-7)1-4-9(12)11-8/h3-4H,1-2H2,(H,12,13);2-3,5H,1,4H2,(H,11,12). The molecule has 0 aliphatic carbocycles. The van der Waals surface area contributed by atoms with Gasteiger partial charge in [0, 0.05) is 27.5 Å². The smallest absolute Gasteiger partial charge is 0.224 e. The normalized spacial score (nSPS) is 15.2. The van der Waals surface area contributed by atoms with Crippen LogP contribution in [0.25, 0.3) is 0 Å². The lowest BCUT2D eigenvalue weighted by atomic mass is 10.0. The summed E-state index contributed by atoms with van der Waals surface area (Å²) >= 11 is 12.7. The van der Waals surface area contributed by atoms with Crippen LogP contribution in [0.3, 0.4) is 0 Å². The first kappa shape index (κ1) is 18.4. The molecule has 2 N–H and O–H groups in total. The van der Waals surface area contributed by atoms with E-state index in [1.54, 1.807) is 6.07 Å². The van der Waals surface area contributed by atoms with E-state index in [0.29, 0.717) is 17.9 Å². The van der Waals surface area contributed by atoms with Gasteiger partial charge in [-0.3, -0.25) is 9.59 Å². The van der Waals surface area contributed by atoms with E-state index in [9.17, 15) is 9.59 Å². The number of benzene rings is 2. The molecular formula is C18H15Br2ClN2O2. The van der Waals surface area contributed by atoms with Gasteiger partial charge >= 0.3 is 0 Å². The third-order valence-corrected chi connectivity index (χ3v) is 5.23. The van der Waals surface area contributed by atoms with Gasteiger partial charge in [-0.1, -0.05) is 43.5 Å². The zero-order chi connectivity index (χ0) is 18.0. The van der Waals surface area contributed by atoms with Crippen LogP contribution in [0.15, 0.2) is 39.3 Å². The van der Waals surface area contributed by atoms with Crippen molar-refractivity contribution >= 4 is 66.6 Å². The molecule has 2 aliphatic rings. The number of nitrogens with one attached hydrogen (secondary N) is 2. The number of carbonyl (C=O) groups is 2. The third kappa shape index (κ3) is 4.63. The van der Waals surface area contributed by atoms with E-state index >= 15 is 0 Å². The molecule has 2 aromatic carbocycles. The van der Waals surface area contributed by atoms with Crippen molar-refractivity contribution in [3.8, 4) is 0 Å². The van der Waals surface area contributed by atoms with Crippen molar-refractivity contribution in [2.45, 2.75) is 25.7 Å². The summed E-state index contributed by atoms with van der Waals surface area (Å²) < 4.78 is 2.02. The van der Waals surface area contributed by atoms with E-state index in [-0.39, 0.29) is 11.8 Å². The van der Waals surface area contributed by atoms with Gasteiger partial charge in [0.2, 0.25) is 11.8 Å². The van der Waals surface area contributed by atoms with Gasteiger partial charge in [0.1, 0.15) is 0 Å². The van der Waals surface area contributed by atoms with E-state index in [1.807, 2.05) is 18.2 Å². The van der Waals surface area contributed by atoms with Gasteiger partial charge in [-0.15, -0.1) is 0 Å². The van der Waals surface area contributed by atoms with Gasteiger partial charge in [-0.25, -0.2) is 0 Å². The molecule has 4 nitrogen and oxygen atoms in total. The molecule has 7 heteroatoms. The number of amides is 2. The van der Waals surface area contributed by atoms with Crippen LogP contribution in [0.2, 0.25) is 5.02 Å². The fourth-order valence-corrected chi connectivity index (χ4v) is 4.10. The Balaban J connectivity index is 0.000000146. The Kier molecular flexibility index (Phi) is 5.81. The summed E-state index contributed by atoms with van der Waals surface area (Å²) in [6.45, 7) is 0. The summed E-state index contributed by atoms with van der Waals surface area (Å²) in [6, 6.07) is 9.68. The van der Waals surface area contributed by atoms with Gasteiger partial charge in [0.15, 0.2) is 0 Å². The molecule has 130 valence electrons. The highest BCUT2D eigenvalue weighted by Gasteiger charge is 2.17. The molecule has 2 aromatic rings. The van der Waals surface area contributed by atoms with Crippen LogP contribution in [-0.4, -0.2) is 11.8 Å². The number of rotatable bonds is 0. The van der Waals surface area contributed by atoms with Crippen LogP contribution < -0.4 is 10.6 Å². The third-order valence-electron chi connectivity index (χ3n) is 3.99. The summed E-state index contributed by atoms with van der Waals surface area (Å²) in [5.74, 6) is 0.154. The fourth-order valence-electron chi connectivity index (χ4n) is 2.77. The Morgan fingerprint density at radius 1 is 0.800 bits per heavy atom. The molecule has 0 radical (unpaired) electrons. The highest BCUT2D eigenvalue weighted by atomic mass is 79.9. The lowest BCUT2D eigenvalue weighted by Gasteiger charge is -2.18. The van der Waals surface area contributed by atoms with Crippen LogP contribution in [0.4, 0.5) is 11.4 Å². The van der Waals surface area contributed by atoms with Gasteiger partial charge in [0.05, 0.1) is 10.7 Å². The van der Waals surface area contributed by atoms with Crippen molar-refractivity contribution in [3.63, 3.8) is 0 Å². The second-order valence-corrected chi connectivity index (χ2v) is 8.06. The molecule has 0 spiro atoms. The number of anilines is 2. The molecule has 0 atom stereocenters. The Labute approximate surface area is 167 Å². The van der Waals surface area contributed by atoms with Crippen molar-refractivity contribution < 1.29 is 9.59 Å². The summed E-state index contributed by atoms with van der Waals surface area (Å²) in [7, 11) is 0. The molecule has 2 heterocycles. The monoisotopic (exact) mass is 484 g/mol. The molecule has 0 bridgehead atoms. The Morgan fingerprint density at radius 3 is 2.20 bits per heavy atom. The molecule has 0 saturated carbocycles. The highest BCUT2D eigenvalue weighted by molar-refractivity contribution is 9.10. The molecule has 0 unspecified atom stereocenters. The molecule has 4 rings (SSSR count). The molecular weight excluding hydrogens is 471 g/mol. The fraction of sp³-hybridized carbons (Fsp3) is 0.222. The minimum atomic E-state index is 0.0386. The second kappa shape index (κ2) is 7.89. The summed E-state index contributed by atoms with van der Waals surface area (Å²) in [4.78, 5) is 22.1. The SMILES string of the molecule is O=C1CCc2cc(Br)cc(Cl)c2N1.O=C1CCc2cc(Br)ccc2N1. The first-order valence-electron chi connectivity index (χ1n) is 7.78. The quantitative estimate of drug-likeness (QED) is 0.530. The summed E-state index contributed by atoms with van der Waals surface area (Å²) in [6.07, 6.45) is 2.75. The summed E-state index contributed by atoms with van der Waals surface area (Å²) in [5, 5.41) is 6.19. The van der Waals surface area contributed by atoms with Gasteiger partial charge in [0.25, 0.3) is 0 Å². The first-order chi connectivity index (χ1) is 11.9. The molecule has 2 aliphatic heterocycles. The number of halogens is 3. The van der Waals surface area contributed by atoms with Crippen LogP contribution in [0, 0.1) is 0 Å². The van der Waals surface area contributed by atoms with E-state index in [2.05, 4.69) is 48.6 Å². The maximum Gasteiger partial charge on any atom is 0.224 e. The van der Waals surface area contributed by atoms with Crippen molar-refractivity contribution in [3.05, 3.63) is 55.4 Å². The van der Waals surface area contributed by atoms with E-state index in [1.165, 1.54) is 5.56 Å². The first-order valence-corrected chi connectivity index (χ1v) is 9.75. The van der Waals surface area contributed by atoms with Crippen molar-refractivity contribution in [2.75, 3.05) is 10.6 Å².